The van der Waals surface area contributed by atoms with Crippen molar-refractivity contribution < 1.29 is 9.52 Å². The Hall–Kier alpha value is -1.58. The highest BCUT2D eigenvalue weighted by molar-refractivity contribution is 5.31. The van der Waals surface area contributed by atoms with Crippen LogP contribution in [0.2, 0.25) is 0 Å². The van der Waals surface area contributed by atoms with E-state index in [2.05, 4.69) is 38.1 Å². The fraction of sp³-hybridized carbons (Fsp3) is 0.412. The molecule has 3 heteroatoms. The van der Waals surface area contributed by atoms with E-state index in [9.17, 15) is 5.11 Å². The van der Waals surface area contributed by atoms with Crippen molar-refractivity contribution in [2.24, 2.45) is 5.73 Å². The Morgan fingerprint density at radius 3 is 2.15 bits per heavy atom. The molecule has 0 aliphatic carbocycles. The summed E-state index contributed by atoms with van der Waals surface area (Å²) in [4.78, 5) is 0. The average Bonchev–Trinajstić information content (AvgIpc) is 2.86. The van der Waals surface area contributed by atoms with Crippen molar-refractivity contribution in [3.05, 3.63) is 59.0 Å². The van der Waals surface area contributed by atoms with Gasteiger partial charge in [-0.05, 0) is 30.0 Å². The monoisotopic (exact) mass is 273 g/mol. The number of rotatable bonds is 5. The van der Waals surface area contributed by atoms with Crippen LogP contribution in [-0.4, -0.2) is 11.7 Å². The lowest BCUT2D eigenvalue weighted by Gasteiger charge is -2.22. The van der Waals surface area contributed by atoms with Gasteiger partial charge in [0.05, 0.1) is 12.4 Å². The van der Waals surface area contributed by atoms with Crippen LogP contribution in [-0.2, 0) is 0 Å². The summed E-state index contributed by atoms with van der Waals surface area (Å²) in [6.07, 6.45) is 0.965. The quantitative estimate of drug-likeness (QED) is 0.876. The van der Waals surface area contributed by atoms with E-state index in [4.69, 9.17) is 10.2 Å². The first-order chi connectivity index (χ1) is 9.54. The molecule has 0 aliphatic heterocycles. The standard InChI is InChI=1S/C17H23NO2/c1-11(2)13-4-6-14(7-5-13)16(10-18)17(19)15-8-9-20-12(15)3/h4-9,11,16-17,19H,10,18H2,1-3H3. The number of nitrogens with two attached hydrogens (primary N) is 1. The lowest BCUT2D eigenvalue weighted by Crippen LogP contribution is -2.20. The summed E-state index contributed by atoms with van der Waals surface area (Å²) in [6.45, 7) is 6.58. The third-order valence-electron chi connectivity index (χ3n) is 3.88. The van der Waals surface area contributed by atoms with Crippen LogP contribution in [0.25, 0.3) is 0 Å². The van der Waals surface area contributed by atoms with Crippen LogP contribution in [0.15, 0.2) is 41.0 Å². The van der Waals surface area contributed by atoms with E-state index in [0.29, 0.717) is 12.5 Å². The number of benzene rings is 1. The zero-order chi connectivity index (χ0) is 14.7. The smallest absolute Gasteiger partial charge is 0.106 e. The lowest BCUT2D eigenvalue weighted by molar-refractivity contribution is 0.145. The molecule has 1 aromatic heterocycles. The Morgan fingerprint density at radius 2 is 1.70 bits per heavy atom. The molecule has 0 bridgehead atoms. The molecule has 1 heterocycles. The number of aliphatic hydroxyl groups excluding tert-OH is 1. The van der Waals surface area contributed by atoms with Crippen LogP contribution in [0.5, 0.6) is 0 Å². The van der Waals surface area contributed by atoms with E-state index in [1.165, 1.54) is 5.56 Å². The summed E-state index contributed by atoms with van der Waals surface area (Å²) in [5, 5.41) is 10.5. The Bertz CT molecular complexity index is 542. The minimum atomic E-state index is -0.636. The summed E-state index contributed by atoms with van der Waals surface area (Å²) in [5.74, 6) is 1.13. The molecule has 0 spiro atoms. The van der Waals surface area contributed by atoms with Gasteiger partial charge in [0.2, 0.25) is 0 Å². The van der Waals surface area contributed by atoms with Crippen LogP contribution in [0, 0.1) is 6.92 Å². The number of hydrogen-bond donors (Lipinski definition) is 2. The average molecular weight is 273 g/mol. The molecule has 0 saturated heterocycles. The van der Waals surface area contributed by atoms with Gasteiger partial charge in [0, 0.05) is 18.0 Å². The molecule has 20 heavy (non-hydrogen) atoms. The van der Waals surface area contributed by atoms with Crippen LogP contribution in [0.3, 0.4) is 0 Å². The van der Waals surface area contributed by atoms with E-state index in [1.54, 1.807) is 6.26 Å². The van der Waals surface area contributed by atoms with Crippen molar-refractivity contribution in [3.8, 4) is 0 Å². The molecule has 0 aliphatic rings. The van der Waals surface area contributed by atoms with Gasteiger partial charge in [-0.15, -0.1) is 0 Å². The summed E-state index contributed by atoms with van der Waals surface area (Å²) in [6, 6.07) is 10.2. The van der Waals surface area contributed by atoms with Crippen LogP contribution < -0.4 is 5.73 Å². The van der Waals surface area contributed by atoms with Crippen LogP contribution in [0.4, 0.5) is 0 Å². The Morgan fingerprint density at radius 1 is 1.10 bits per heavy atom. The molecule has 3 N–H and O–H groups in total. The number of hydrogen-bond acceptors (Lipinski definition) is 3. The highest BCUT2D eigenvalue weighted by Crippen LogP contribution is 2.32. The maximum atomic E-state index is 10.5. The summed E-state index contributed by atoms with van der Waals surface area (Å²) >= 11 is 0. The zero-order valence-corrected chi connectivity index (χ0v) is 12.3. The predicted molar refractivity (Wildman–Crippen MR) is 80.7 cm³/mol. The van der Waals surface area contributed by atoms with Gasteiger partial charge in [0.15, 0.2) is 0 Å². The van der Waals surface area contributed by atoms with Gasteiger partial charge in [0.25, 0.3) is 0 Å². The fourth-order valence-electron chi connectivity index (χ4n) is 2.49. The first-order valence-corrected chi connectivity index (χ1v) is 7.06. The van der Waals surface area contributed by atoms with E-state index >= 15 is 0 Å². The fourth-order valence-corrected chi connectivity index (χ4v) is 2.49. The topological polar surface area (TPSA) is 59.4 Å². The molecule has 0 fully saturated rings. The second-order valence-corrected chi connectivity index (χ2v) is 5.54. The molecule has 2 atom stereocenters. The molecule has 3 nitrogen and oxygen atoms in total. The van der Waals surface area contributed by atoms with E-state index < -0.39 is 6.10 Å². The molecule has 2 rings (SSSR count). The maximum Gasteiger partial charge on any atom is 0.106 e. The van der Waals surface area contributed by atoms with Crippen molar-refractivity contribution in [1.82, 2.24) is 0 Å². The van der Waals surface area contributed by atoms with Crippen LogP contribution >= 0.6 is 0 Å². The summed E-state index contributed by atoms with van der Waals surface area (Å²) in [7, 11) is 0. The van der Waals surface area contributed by atoms with E-state index in [0.717, 1.165) is 16.9 Å². The first-order valence-electron chi connectivity index (χ1n) is 7.06. The molecular weight excluding hydrogens is 250 g/mol. The number of aryl methyl sites for hydroxylation is 1. The largest absolute Gasteiger partial charge is 0.469 e. The van der Waals surface area contributed by atoms with E-state index in [-0.39, 0.29) is 5.92 Å². The Balaban J connectivity index is 2.26. The maximum absolute atomic E-state index is 10.5. The molecule has 2 aromatic rings. The molecule has 108 valence electrons. The first kappa shape index (κ1) is 14.8. The minimum Gasteiger partial charge on any atom is -0.469 e. The molecule has 2 unspecified atom stereocenters. The SMILES string of the molecule is Cc1occc1C(O)C(CN)c1ccc(C(C)C)cc1. The number of aliphatic hydroxyl groups is 1. The molecule has 0 amide bonds. The molecule has 0 saturated carbocycles. The molecule has 1 aromatic carbocycles. The van der Waals surface area contributed by atoms with Crippen LogP contribution in [0.1, 0.15) is 54.2 Å². The van der Waals surface area contributed by atoms with Crippen molar-refractivity contribution in [2.45, 2.75) is 38.7 Å². The predicted octanol–water partition coefficient (Wildman–Crippen LogP) is 3.49. The third kappa shape index (κ3) is 2.94. The molecular formula is C17H23NO2. The van der Waals surface area contributed by atoms with Crippen molar-refractivity contribution >= 4 is 0 Å². The Labute approximate surface area is 120 Å². The van der Waals surface area contributed by atoms with Gasteiger partial charge >= 0.3 is 0 Å². The number of furan rings is 1. The van der Waals surface area contributed by atoms with Gasteiger partial charge in [-0.2, -0.15) is 0 Å². The summed E-state index contributed by atoms with van der Waals surface area (Å²) < 4.78 is 5.27. The van der Waals surface area contributed by atoms with Gasteiger partial charge in [-0.1, -0.05) is 38.1 Å². The van der Waals surface area contributed by atoms with Crippen molar-refractivity contribution in [1.29, 1.82) is 0 Å². The zero-order valence-electron chi connectivity index (χ0n) is 12.3. The van der Waals surface area contributed by atoms with Gasteiger partial charge in [-0.3, -0.25) is 0 Å². The van der Waals surface area contributed by atoms with Crippen molar-refractivity contribution in [2.75, 3.05) is 6.54 Å². The lowest BCUT2D eigenvalue weighted by atomic mass is 9.88. The van der Waals surface area contributed by atoms with Gasteiger partial charge < -0.3 is 15.3 Å². The van der Waals surface area contributed by atoms with Crippen molar-refractivity contribution in [3.63, 3.8) is 0 Å². The van der Waals surface area contributed by atoms with Gasteiger partial charge in [-0.25, -0.2) is 0 Å². The third-order valence-corrected chi connectivity index (χ3v) is 3.88. The molecule has 0 radical (unpaired) electrons. The minimum absolute atomic E-state index is 0.118. The normalized spacial score (nSPS) is 14.5. The second-order valence-electron chi connectivity index (χ2n) is 5.54. The van der Waals surface area contributed by atoms with E-state index in [1.807, 2.05) is 13.0 Å². The van der Waals surface area contributed by atoms with Gasteiger partial charge in [0.1, 0.15) is 5.76 Å². The summed E-state index contributed by atoms with van der Waals surface area (Å²) in [5.41, 5.74) is 9.03. The Kier molecular flexibility index (Phi) is 4.63. The second kappa shape index (κ2) is 6.25. The highest BCUT2D eigenvalue weighted by Gasteiger charge is 2.24. The highest BCUT2D eigenvalue weighted by atomic mass is 16.3.